The molecule has 0 atom stereocenters. The Morgan fingerprint density at radius 3 is 1.94 bits per heavy atom. The molecule has 0 aromatic heterocycles. The van der Waals surface area contributed by atoms with Crippen LogP contribution in [0.1, 0.15) is 15.9 Å². The van der Waals surface area contributed by atoms with Crippen LogP contribution < -0.4 is 13.9 Å². The maximum Gasteiger partial charge on any atom is 0.255 e. The fourth-order valence-corrected chi connectivity index (χ4v) is 5.06. The van der Waals surface area contributed by atoms with Crippen LogP contribution >= 0.6 is 23.2 Å². The summed E-state index contributed by atoms with van der Waals surface area (Å²) in [6, 6.07) is 17.3. The van der Waals surface area contributed by atoms with E-state index in [2.05, 4.69) is 5.32 Å². The fourth-order valence-electron chi connectivity index (χ4n) is 3.18. The number of anilines is 3. The van der Waals surface area contributed by atoms with Crippen LogP contribution in [0.4, 0.5) is 17.1 Å². The molecule has 1 amide bonds. The van der Waals surface area contributed by atoms with Crippen LogP contribution in [-0.4, -0.2) is 42.3 Å². The Kier molecular flexibility index (Phi) is 8.00. The monoisotopic (exact) mass is 555 g/mol. The number of hydrogen-bond donors (Lipinski definition) is 1. The zero-order valence-electron chi connectivity index (χ0n) is 19.1. The van der Waals surface area contributed by atoms with E-state index in [1.165, 1.54) is 37.4 Å². The quantitative estimate of drug-likeness (QED) is 0.437. The van der Waals surface area contributed by atoms with Gasteiger partial charge < -0.3 is 5.32 Å². The Morgan fingerprint density at radius 1 is 0.829 bits per heavy atom. The van der Waals surface area contributed by atoms with Gasteiger partial charge in [-0.15, -0.1) is 0 Å². The summed E-state index contributed by atoms with van der Waals surface area (Å²) in [4.78, 5) is 12.7. The van der Waals surface area contributed by atoms with E-state index in [9.17, 15) is 21.6 Å². The minimum atomic E-state index is -3.69. The highest BCUT2D eigenvalue weighted by Gasteiger charge is 2.21. The van der Waals surface area contributed by atoms with Gasteiger partial charge in [-0.1, -0.05) is 35.3 Å². The molecule has 3 rings (SSSR count). The van der Waals surface area contributed by atoms with Crippen molar-refractivity contribution < 1.29 is 21.6 Å². The van der Waals surface area contributed by atoms with E-state index in [-0.39, 0.29) is 12.1 Å². The Hall–Kier alpha value is -2.79. The lowest BCUT2D eigenvalue weighted by atomic mass is 10.1. The van der Waals surface area contributed by atoms with Crippen LogP contribution in [-0.2, 0) is 26.6 Å². The molecule has 0 aliphatic carbocycles. The summed E-state index contributed by atoms with van der Waals surface area (Å²) in [6.45, 7) is -0.0798. The summed E-state index contributed by atoms with van der Waals surface area (Å²) in [5, 5.41) is 3.39. The van der Waals surface area contributed by atoms with Crippen molar-refractivity contribution in [2.45, 2.75) is 6.54 Å². The molecular formula is C23H23Cl2N3O5S2. The third-order valence-corrected chi connectivity index (χ3v) is 8.20. The van der Waals surface area contributed by atoms with Gasteiger partial charge in [-0.05, 0) is 54.6 Å². The first kappa shape index (κ1) is 26.8. The van der Waals surface area contributed by atoms with Crippen LogP contribution in [0.3, 0.4) is 0 Å². The number of hydrogen-bond acceptors (Lipinski definition) is 5. The van der Waals surface area contributed by atoms with E-state index >= 15 is 0 Å². The molecule has 0 saturated heterocycles. The molecule has 0 bridgehead atoms. The highest BCUT2D eigenvalue weighted by molar-refractivity contribution is 7.92. The van der Waals surface area contributed by atoms with E-state index in [0.29, 0.717) is 32.7 Å². The lowest BCUT2D eigenvalue weighted by Gasteiger charge is -2.23. The molecule has 35 heavy (non-hydrogen) atoms. The average molecular weight is 556 g/mol. The Bertz CT molecular complexity index is 1440. The van der Waals surface area contributed by atoms with Crippen molar-refractivity contribution in [2.75, 3.05) is 33.5 Å². The van der Waals surface area contributed by atoms with Gasteiger partial charge in [0.2, 0.25) is 20.0 Å². The molecule has 0 saturated carbocycles. The molecule has 12 heteroatoms. The van der Waals surface area contributed by atoms with Crippen molar-refractivity contribution in [1.82, 2.24) is 0 Å². The minimum Gasteiger partial charge on any atom is -0.322 e. The number of nitrogens with zero attached hydrogens (tertiary/aromatic N) is 2. The first-order chi connectivity index (χ1) is 16.3. The molecule has 0 spiro atoms. The highest BCUT2D eigenvalue weighted by atomic mass is 35.5. The lowest BCUT2D eigenvalue weighted by Crippen LogP contribution is -2.29. The predicted molar refractivity (Wildman–Crippen MR) is 142 cm³/mol. The minimum absolute atomic E-state index is 0.0798. The van der Waals surface area contributed by atoms with Gasteiger partial charge in [-0.3, -0.25) is 13.4 Å². The summed E-state index contributed by atoms with van der Waals surface area (Å²) in [6.07, 6.45) is 2.15. The van der Waals surface area contributed by atoms with Crippen LogP contribution in [0.15, 0.2) is 66.7 Å². The summed E-state index contributed by atoms with van der Waals surface area (Å²) < 4.78 is 50.8. The van der Waals surface area contributed by atoms with E-state index in [0.717, 1.165) is 21.1 Å². The number of benzene rings is 3. The second kappa shape index (κ2) is 10.4. The van der Waals surface area contributed by atoms with Crippen molar-refractivity contribution in [3.8, 4) is 0 Å². The number of sulfonamides is 2. The molecule has 8 nitrogen and oxygen atoms in total. The number of rotatable bonds is 8. The summed E-state index contributed by atoms with van der Waals surface area (Å²) in [7, 11) is -5.74. The largest absolute Gasteiger partial charge is 0.322 e. The molecule has 3 aromatic rings. The first-order valence-electron chi connectivity index (χ1n) is 10.1. The number of carbonyl (C=O) groups is 1. The Balaban J connectivity index is 1.82. The Labute approximate surface area is 215 Å². The molecule has 3 aromatic carbocycles. The zero-order chi connectivity index (χ0) is 26.0. The molecule has 1 N–H and O–H groups in total. The van der Waals surface area contributed by atoms with Crippen molar-refractivity contribution in [2.24, 2.45) is 0 Å². The van der Waals surface area contributed by atoms with Gasteiger partial charge in [-0.25, -0.2) is 16.8 Å². The standard InChI is InChI=1S/C23H23Cl2N3O5S2/c1-27(34(2,30)31)19-7-4-6-17(14-19)26-23(29)16-10-12-18(13-11-16)28(35(3,32)33)15-20-21(24)8-5-9-22(20)25/h4-14H,15H2,1-3H3,(H,26,29). The summed E-state index contributed by atoms with van der Waals surface area (Å²) in [5.41, 5.74) is 1.86. The smallest absolute Gasteiger partial charge is 0.255 e. The lowest BCUT2D eigenvalue weighted by molar-refractivity contribution is 0.102. The topological polar surface area (TPSA) is 104 Å². The molecule has 0 unspecified atom stereocenters. The molecular weight excluding hydrogens is 533 g/mol. The molecule has 0 aliphatic heterocycles. The fraction of sp³-hybridized carbons (Fsp3) is 0.174. The van der Waals surface area contributed by atoms with Crippen molar-refractivity contribution in [1.29, 1.82) is 0 Å². The maximum absolute atomic E-state index is 12.7. The molecule has 0 radical (unpaired) electrons. The van der Waals surface area contributed by atoms with Crippen LogP contribution in [0, 0.1) is 0 Å². The van der Waals surface area contributed by atoms with Crippen molar-refractivity contribution in [3.05, 3.63) is 87.9 Å². The van der Waals surface area contributed by atoms with Gasteiger partial charge in [0.25, 0.3) is 5.91 Å². The first-order valence-corrected chi connectivity index (χ1v) is 14.6. The predicted octanol–water partition coefficient (Wildman–Crippen LogP) is 4.61. The van der Waals surface area contributed by atoms with E-state index in [1.807, 2.05) is 0 Å². The second-order valence-corrected chi connectivity index (χ2v) is 12.5. The maximum atomic E-state index is 12.7. The SMILES string of the molecule is CN(c1cccc(NC(=O)c2ccc(N(Cc3c(Cl)cccc3Cl)S(C)(=O)=O)cc2)c1)S(C)(=O)=O. The summed E-state index contributed by atoms with van der Waals surface area (Å²) in [5.74, 6) is -0.448. The number of carbonyl (C=O) groups excluding carboxylic acids is 1. The zero-order valence-corrected chi connectivity index (χ0v) is 22.2. The van der Waals surface area contributed by atoms with Gasteiger partial charge >= 0.3 is 0 Å². The number of amides is 1. The van der Waals surface area contributed by atoms with Crippen LogP contribution in [0.5, 0.6) is 0 Å². The van der Waals surface area contributed by atoms with Gasteiger partial charge in [0, 0.05) is 33.9 Å². The van der Waals surface area contributed by atoms with Gasteiger partial charge in [-0.2, -0.15) is 0 Å². The number of nitrogens with one attached hydrogen (secondary N) is 1. The third kappa shape index (κ3) is 6.66. The van der Waals surface area contributed by atoms with Crippen LogP contribution in [0.2, 0.25) is 10.0 Å². The van der Waals surface area contributed by atoms with E-state index < -0.39 is 26.0 Å². The summed E-state index contributed by atoms with van der Waals surface area (Å²) >= 11 is 12.4. The van der Waals surface area contributed by atoms with E-state index in [1.54, 1.807) is 36.4 Å². The Morgan fingerprint density at radius 2 is 1.40 bits per heavy atom. The second-order valence-electron chi connectivity index (χ2n) is 7.75. The third-order valence-electron chi connectivity index (χ3n) is 5.15. The molecule has 0 aliphatic rings. The normalized spacial score (nSPS) is 11.7. The van der Waals surface area contributed by atoms with Crippen molar-refractivity contribution in [3.63, 3.8) is 0 Å². The highest BCUT2D eigenvalue weighted by Crippen LogP contribution is 2.29. The average Bonchev–Trinajstić information content (AvgIpc) is 2.77. The molecule has 0 heterocycles. The van der Waals surface area contributed by atoms with Crippen molar-refractivity contribution >= 4 is 66.2 Å². The molecule has 0 fully saturated rings. The number of halogens is 2. The van der Waals surface area contributed by atoms with Gasteiger partial charge in [0.15, 0.2) is 0 Å². The molecule has 186 valence electrons. The van der Waals surface area contributed by atoms with E-state index in [4.69, 9.17) is 23.2 Å². The van der Waals surface area contributed by atoms with Crippen LogP contribution in [0.25, 0.3) is 0 Å². The van der Waals surface area contributed by atoms with Gasteiger partial charge in [0.05, 0.1) is 30.4 Å². The van der Waals surface area contributed by atoms with Gasteiger partial charge in [0.1, 0.15) is 0 Å².